The van der Waals surface area contributed by atoms with E-state index in [-0.39, 0.29) is 13.4 Å². The molecular formula is C11H16O3. The summed E-state index contributed by atoms with van der Waals surface area (Å²) < 4.78 is 10.1. The van der Waals surface area contributed by atoms with Gasteiger partial charge >= 0.3 is 0 Å². The van der Waals surface area contributed by atoms with Crippen LogP contribution in [0.25, 0.3) is 0 Å². The van der Waals surface area contributed by atoms with Gasteiger partial charge in [0, 0.05) is 13.7 Å². The molecule has 1 rings (SSSR count). The van der Waals surface area contributed by atoms with Gasteiger partial charge in [0.05, 0.1) is 0 Å². The first-order chi connectivity index (χ1) is 6.76. The highest BCUT2D eigenvalue weighted by molar-refractivity contribution is 5.33. The highest BCUT2D eigenvalue weighted by Crippen LogP contribution is 2.17. The van der Waals surface area contributed by atoms with Crippen molar-refractivity contribution in [1.82, 2.24) is 0 Å². The van der Waals surface area contributed by atoms with E-state index >= 15 is 0 Å². The number of aliphatic hydroxyl groups is 1. The summed E-state index contributed by atoms with van der Waals surface area (Å²) >= 11 is 0. The minimum atomic E-state index is 0.160. The van der Waals surface area contributed by atoms with Gasteiger partial charge in [-0.3, -0.25) is 0 Å². The largest absolute Gasteiger partial charge is 0.468 e. The monoisotopic (exact) mass is 196 g/mol. The van der Waals surface area contributed by atoms with Gasteiger partial charge in [-0.05, 0) is 36.6 Å². The third kappa shape index (κ3) is 3.36. The van der Waals surface area contributed by atoms with Gasteiger partial charge in [0.15, 0.2) is 6.79 Å². The van der Waals surface area contributed by atoms with Crippen LogP contribution in [0, 0.1) is 6.92 Å². The Morgan fingerprint density at radius 1 is 1.29 bits per heavy atom. The summed E-state index contributed by atoms with van der Waals surface area (Å²) in [6.45, 7) is 2.41. The summed E-state index contributed by atoms with van der Waals surface area (Å²) in [4.78, 5) is 0. The Labute approximate surface area is 84.3 Å². The molecule has 0 amide bonds. The highest BCUT2D eigenvalue weighted by atomic mass is 16.7. The van der Waals surface area contributed by atoms with Crippen molar-refractivity contribution in [3.63, 3.8) is 0 Å². The molecule has 0 bridgehead atoms. The van der Waals surface area contributed by atoms with Crippen molar-refractivity contribution in [3.8, 4) is 5.75 Å². The van der Waals surface area contributed by atoms with Crippen LogP contribution in [-0.4, -0.2) is 25.6 Å². The number of methoxy groups -OCH3 is 1. The minimum absolute atomic E-state index is 0.160. The molecule has 0 aromatic heterocycles. The van der Waals surface area contributed by atoms with E-state index in [2.05, 4.69) is 0 Å². The molecule has 1 aromatic rings. The third-order valence-electron chi connectivity index (χ3n) is 1.85. The molecule has 0 aliphatic heterocycles. The van der Waals surface area contributed by atoms with Crippen molar-refractivity contribution in [2.75, 3.05) is 20.5 Å². The second-order valence-electron chi connectivity index (χ2n) is 3.18. The van der Waals surface area contributed by atoms with Crippen LogP contribution in [-0.2, 0) is 11.2 Å². The van der Waals surface area contributed by atoms with Crippen LogP contribution in [0.15, 0.2) is 18.2 Å². The Morgan fingerprint density at radius 2 is 2.07 bits per heavy atom. The zero-order valence-electron chi connectivity index (χ0n) is 8.62. The Balaban J connectivity index is 2.73. The zero-order chi connectivity index (χ0) is 10.4. The smallest absolute Gasteiger partial charge is 0.188 e. The predicted molar refractivity (Wildman–Crippen MR) is 54.5 cm³/mol. The van der Waals surface area contributed by atoms with Crippen LogP contribution in [0.3, 0.4) is 0 Å². The first-order valence-electron chi connectivity index (χ1n) is 4.59. The lowest BCUT2D eigenvalue weighted by Gasteiger charge is -2.08. The molecule has 0 atom stereocenters. The van der Waals surface area contributed by atoms with E-state index < -0.39 is 0 Å². The number of hydrogen-bond donors (Lipinski definition) is 1. The van der Waals surface area contributed by atoms with E-state index in [4.69, 9.17) is 14.6 Å². The van der Waals surface area contributed by atoms with Crippen molar-refractivity contribution in [2.24, 2.45) is 0 Å². The summed E-state index contributed by atoms with van der Waals surface area (Å²) in [5.74, 6) is 0.787. The molecule has 0 unspecified atom stereocenters. The Bertz CT molecular complexity index is 284. The normalized spacial score (nSPS) is 10.2. The fourth-order valence-electron chi connectivity index (χ4n) is 1.31. The lowest BCUT2D eigenvalue weighted by molar-refractivity contribution is 0.0510. The predicted octanol–water partition coefficient (Wildman–Crippen LogP) is 1.51. The van der Waals surface area contributed by atoms with E-state index in [0.29, 0.717) is 6.42 Å². The van der Waals surface area contributed by atoms with Crippen molar-refractivity contribution in [2.45, 2.75) is 13.3 Å². The molecule has 3 heteroatoms. The number of rotatable bonds is 5. The molecule has 0 heterocycles. The summed E-state index contributed by atoms with van der Waals surface area (Å²) in [7, 11) is 1.59. The van der Waals surface area contributed by atoms with Gasteiger partial charge in [0.2, 0.25) is 0 Å². The van der Waals surface area contributed by atoms with E-state index in [1.807, 2.05) is 25.1 Å². The van der Waals surface area contributed by atoms with Crippen LogP contribution < -0.4 is 4.74 Å². The molecule has 14 heavy (non-hydrogen) atoms. The topological polar surface area (TPSA) is 38.7 Å². The third-order valence-corrected chi connectivity index (χ3v) is 1.85. The maximum absolute atomic E-state index is 8.81. The Hall–Kier alpha value is -1.06. The Kier molecular flexibility index (Phi) is 4.43. The molecule has 0 radical (unpaired) electrons. The number of hydrogen-bond acceptors (Lipinski definition) is 3. The first kappa shape index (κ1) is 11.0. The molecule has 3 nitrogen and oxygen atoms in total. The lowest BCUT2D eigenvalue weighted by atomic mass is 10.1. The average Bonchev–Trinajstić information content (AvgIpc) is 2.14. The quantitative estimate of drug-likeness (QED) is 0.725. The van der Waals surface area contributed by atoms with Crippen LogP contribution >= 0.6 is 0 Å². The van der Waals surface area contributed by atoms with Crippen LogP contribution in [0.5, 0.6) is 5.75 Å². The molecule has 0 aliphatic carbocycles. The molecule has 0 fully saturated rings. The summed E-state index contributed by atoms with van der Waals surface area (Å²) in [5.41, 5.74) is 2.21. The molecule has 0 saturated heterocycles. The van der Waals surface area contributed by atoms with Gasteiger partial charge in [0.1, 0.15) is 5.75 Å². The maximum atomic E-state index is 8.81. The molecule has 78 valence electrons. The number of benzene rings is 1. The van der Waals surface area contributed by atoms with Crippen LogP contribution in [0.1, 0.15) is 11.1 Å². The molecule has 1 N–H and O–H groups in total. The average molecular weight is 196 g/mol. The van der Waals surface area contributed by atoms with Gasteiger partial charge < -0.3 is 14.6 Å². The van der Waals surface area contributed by atoms with E-state index in [1.54, 1.807) is 7.11 Å². The standard InChI is InChI=1S/C11H16O3/c1-9-5-10(3-4-12)7-11(6-9)14-8-13-2/h5-7,12H,3-4,8H2,1-2H3. The van der Waals surface area contributed by atoms with E-state index in [0.717, 1.165) is 16.9 Å². The number of aryl methyl sites for hydroxylation is 1. The van der Waals surface area contributed by atoms with Gasteiger partial charge in [0.25, 0.3) is 0 Å². The summed E-state index contributed by atoms with van der Waals surface area (Å²) in [5, 5.41) is 8.81. The van der Waals surface area contributed by atoms with Crippen molar-refractivity contribution < 1.29 is 14.6 Å². The van der Waals surface area contributed by atoms with Crippen molar-refractivity contribution in [1.29, 1.82) is 0 Å². The molecule has 0 aliphatic rings. The van der Waals surface area contributed by atoms with Gasteiger partial charge in [-0.2, -0.15) is 0 Å². The Morgan fingerprint density at radius 3 is 2.71 bits per heavy atom. The summed E-state index contributed by atoms with van der Waals surface area (Å²) in [6.07, 6.45) is 0.658. The maximum Gasteiger partial charge on any atom is 0.188 e. The van der Waals surface area contributed by atoms with Crippen molar-refractivity contribution in [3.05, 3.63) is 29.3 Å². The SMILES string of the molecule is COCOc1cc(C)cc(CCO)c1. The van der Waals surface area contributed by atoms with Gasteiger partial charge in [-0.1, -0.05) is 6.07 Å². The fraction of sp³-hybridized carbons (Fsp3) is 0.455. The van der Waals surface area contributed by atoms with E-state index in [1.165, 1.54) is 0 Å². The van der Waals surface area contributed by atoms with Crippen LogP contribution in [0.4, 0.5) is 0 Å². The second-order valence-corrected chi connectivity index (χ2v) is 3.18. The summed E-state index contributed by atoms with van der Waals surface area (Å²) in [6, 6.07) is 5.90. The second kappa shape index (κ2) is 5.62. The number of ether oxygens (including phenoxy) is 2. The molecular weight excluding hydrogens is 180 g/mol. The van der Waals surface area contributed by atoms with Crippen LogP contribution in [0.2, 0.25) is 0 Å². The lowest BCUT2D eigenvalue weighted by Crippen LogP contribution is -2.00. The molecule has 0 spiro atoms. The van der Waals surface area contributed by atoms with Gasteiger partial charge in [-0.25, -0.2) is 0 Å². The minimum Gasteiger partial charge on any atom is -0.468 e. The van der Waals surface area contributed by atoms with E-state index in [9.17, 15) is 0 Å². The zero-order valence-corrected chi connectivity index (χ0v) is 8.62. The van der Waals surface area contributed by atoms with Gasteiger partial charge in [-0.15, -0.1) is 0 Å². The van der Waals surface area contributed by atoms with Crippen molar-refractivity contribution >= 4 is 0 Å². The molecule has 1 aromatic carbocycles. The fourth-order valence-corrected chi connectivity index (χ4v) is 1.31. The first-order valence-corrected chi connectivity index (χ1v) is 4.59. The highest BCUT2D eigenvalue weighted by Gasteiger charge is 1.99. The molecule has 0 saturated carbocycles. The number of aliphatic hydroxyl groups excluding tert-OH is 1.